The number of carbonyl (C=O) groups excluding carboxylic acids is 1. The van der Waals surface area contributed by atoms with Crippen molar-refractivity contribution in [2.75, 3.05) is 19.5 Å². The van der Waals surface area contributed by atoms with Crippen molar-refractivity contribution >= 4 is 11.6 Å². The van der Waals surface area contributed by atoms with Crippen LogP contribution in [0, 0.1) is 0 Å². The zero-order valence-corrected chi connectivity index (χ0v) is 16.5. The first kappa shape index (κ1) is 19.3. The molecule has 0 aliphatic heterocycles. The van der Waals surface area contributed by atoms with E-state index < -0.39 is 0 Å². The molecule has 8 nitrogen and oxygen atoms in total. The summed E-state index contributed by atoms with van der Waals surface area (Å²) in [5.74, 6) is 1.68. The molecule has 0 spiro atoms. The lowest BCUT2D eigenvalue weighted by Crippen LogP contribution is -2.19. The van der Waals surface area contributed by atoms with Crippen LogP contribution < -0.4 is 14.8 Å². The minimum Gasteiger partial charge on any atom is -0.497 e. The Balaban J connectivity index is 1.52. The maximum Gasteiger partial charge on any atom is 0.264 e. The standard InChI is InChI=1S/C22H20N4O4/c1-28-16-10-11-19(29-2)17(13-16)23-20(27)14-26-12-6-9-18(26)22-25-24-21(30-22)15-7-4-3-5-8-15/h3-13H,14H2,1-2H3,(H,23,27). The third-order valence-electron chi connectivity index (χ3n) is 4.49. The van der Waals surface area contributed by atoms with Crippen LogP contribution in [0.1, 0.15) is 0 Å². The molecule has 152 valence electrons. The molecule has 2 heterocycles. The highest BCUT2D eigenvalue weighted by Crippen LogP contribution is 2.29. The second-order valence-electron chi connectivity index (χ2n) is 6.41. The first-order valence-electron chi connectivity index (χ1n) is 9.24. The van der Waals surface area contributed by atoms with Gasteiger partial charge in [-0.05, 0) is 36.4 Å². The Labute approximate surface area is 173 Å². The van der Waals surface area contributed by atoms with E-state index in [9.17, 15) is 4.79 Å². The van der Waals surface area contributed by atoms with Gasteiger partial charge < -0.3 is 23.8 Å². The topological polar surface area (TPSA) is 91.4 Å². The molecule has 0 aliphatic carbocycles. The summed E-state index contributed by atoms with van der Waals surface area (Å²) in [5.41, 5.74) is 2.01. The smallest absolute Gasteiger partial charge is 0.264 e. The van der Waals surface area contributed by atoms with Gasteiger partial charge in [0.15, 0.2) is 0 Å². The van der Waals surface area contributed by atoms with Crippen LogP contribution in [0.25, 0.3) is 23.0 Å². The summed E-state index contributed by atoms with van der Waals surface area (Å²) >= 11 is 0. The number of carbonyl (C=O) groups is 1. The first-order valence-corrected chi connectivity index (χ1v) is 9.24. The number of rotatable bonds is 7. The van der Waals surface area contributed by atoms with Gasteiger partial charge in [-0.3, -0.25) is 4.79 Å². The van der Waals surface area contributed by atoms with Gasteiger partial charge in [0.05, 0.1) is 19.9 Å². The molecule has 1 amide bonds. The minimum atomic E-state index is -0.234. The molecule has 0 saturated carbocycles. The monoisotopic (exact) mass is 404 g/mol. The van der Waals surface area contributed by atoms with Gasteiger partial charge in [-0.25, -0.2) is 0 Å². The van der Waals surface area contributed by atoms with Gasteiger partial charge in [-0.1, -0.05) is 18.2 Å². The largest absolute Gasteiger partial charge is 0.497 e. The summed E-state index contributed by atoms with van der Waals surface area (Å²) in [6.07, 6.45) is 1.78. The molecule has 0 unspecified atom stereocenters. The summed E-state index contributed by atoms with van der Waals surface area (Å²) < 4.78 is 18.1. The fraction of sp³-hybridized carbons (Fsp3) is 0.136. The Bertz CT molecular complexity index is 1150. The zero-order valence-electron chi connectivity index (χ0n) is 16.5. The normalized spacial score (nSPS) is 10.6. The summed E-state index contributed by atoms with van der Waals surface area (Å²) in [6, 6.07) is 18.4. The van der Waals surface area contributed by atoms with Gasteiger partial charge in [0, 0.05) is 17.8 Å². The molecule has 1 N–H and O–H groups in total. The van der Waals surface area contributed by atoms with Crippen LogP contribution in [0.5, 0.6) is 11.5 Å². The predicted octanol–water partition coefficient (Wildman–Crippen LogP) is 3.86. The SMILES string of the molecule is COc1ccc(OC)c(NC(=O)Cn2cccc2-c2nnc(-c3ccccc3)o2)c1. The number of nitrogens with one attached hydrogen (secondary N) is 1. The maximum atomic E-state index is 12.7. The van der Waals surface area contributed by atoms with Gasteiger partial charge in [-0.15, -0.1) is 10.2 Å². The Morgan fingerprint density at radius 1 is 1.00 bits per heavy atom. The molecule has 0 radical (unpaired) electrons. The highest BCUT2D eigenvalue weighted by molar-refractivity contribution is 5.92. The molecule has 30 heavy (non-hydrogen) atoms. The second-order valence-corrected chi connectivity index (χ2v) is 6.41. The fourth-order valence-electron chi connectivity index (χ4n) is 3.03. The molecular weight excluding hydrogens is 384 g/mol. The number of anilines is 1. The van der Waals surface area contributed by atoms with Crippen LogP contribution in [0.4, 0.5) is 5.69 Å². The summed E-state index contributed by atoms with van der Waals surface area (Å²) in [7, 11) is 3.11. The van der Waals surface area contributed by atoms with E-state index in [1.54, 1.807) is 43.2 Å². The molecule has 4 aromatic rings. The van der Waals surface area contributed by atoms with E-state index in [1.807, 2.05) is 42.5 Å². The molecule has 2 aromatic heterocycles. The van der Waals surface area contributed by atoms with Gasteiger partial charge in [0.2, 0.25) is 11.8 Å². The maximum absolute atomic E-state index is 12.7. The van der Waals surface area contributed by atoms with E-state index in [0.717, 1.165) is 5.56 Å². The first-order chi connectivity index (χ1) is 14.7. The highest BCUT2D eigenvalue weighted by Gasteiger charge is 2.16. The van der Waals surface area contributed by atoms with Crippen LogP contribution in [0.3, 0.4) is 0 Å². The molecule has 4 rings (SSSR count). The Hall–Kier alpha value is -4.07. The van der Waals surface area contributed by atoms with Gasteiger partial charge in [-0.2, -0.15) is 0 Å². The Morgan fingerprint density at radius 2 is 1.80 bits per heavy atom. The fourth-order valence-corrected chi connectivity index (χ4v) is 3.03. The minimum absolute atomic E-state index is 0.0613. The molecular formula is C22H20N4O4. The number of hydrogen-bond donors (Lipinski definition) is 1. The molecule has 0 saturated heterocycles. The molecule has 8 heteroatoms. The average molecular weight is 404 g/mol. The van der Waals surface area contributed by atoms with E-state index in [2.05, 4.69) is 15.5 Å². The molecule has 0 aliphatic rings. The van der Waals surface area contributed by atoms with Gasteiger partial charge in [0.25, 0.3) is 5.89 Å². The van der Waals surface area contributed by atoms with E-state index in [0.29, 0.717) is 34.7 Å². The van der Waals surface area contributed by atoms with Crippen LogP contribution in [0.2, 0.25) is 0 Å². The van der Waals surface area contributed by atoms with Crippen LogP contribution in [0.15, 0.2) is 71.3 Å². The molecule has 0 atom stereocenters. The lowest BCUT2D eigenvalue weighted by Gasteiger charge is -2.12. The van der Waals surface area contributed by atoms with Crippen molar-refractivity contribution in [2.24, 2.45) is 0 Å². The van der Waals surface area contributed by atoms with E-state index >= 15 is 0 Å². The van der Waals surface area contributed by atoms with Crippen molar-refractivity contribution < 1.29 is 18.7 Å². The van der Waals surface area contributed by atoms with Crippen LogP contribution >= 0.6 is 0 Å². The third kappa shape index (κ3) is 4.02. The van der Waals surface area contributed by atoms with Crippen molar-refractivity contribution in [1.82, 2.24) is 14.8 Å². The lowest BCUT2D eigenvalue weighted by molar-refractivity contribution is -0.116. The number of nitrogens with zero attached hydrogens (tertiary/aromatic N) is 3. The number of benzene rings is 2. The number of methoxy groups -OCH3 is 2. The Kier molecular flexibility index (Phi) is 5.47. The number of ether oxygens (including phenoxy) is 2. The third-order valence-corrected chi connectivity index (χ3v) is 4.49. The number of aromatic nitrogens is 3. The van der Waals surface area contributed by atoms with E-state index in [1.165, 1.54) is 0 Å². The van der Waals surface area contributed by atoms with Crippen LogP contribution in [-0.4, -0.2) is 34.9 Å². The highest BCUT2D eigenvalue weighted by atomic mass is 16.5. The van der Waals surface area contributed by atoms with Gasteiger partial charge in [0.1, 0.15) is 23.7 Å². The van der Waals surface area contributed by atoms with E-state index in [-0.39, 0.29) is 12.5 Å². The zero-order chi connectivity index (χ0) is 20.9. The second kappa shape index (κ2) is 8.52. The average Bonchev–Trinajstić information content (AvgIpc) is 3.43. The van der Waals surface area contributed by atoms with Gasteiger partial charge >= 0.3 is 0 Å². The number of hydrogen-bond acceptors (Lipinski definition) is 6. The number of amides is 1. The lowest BCUT2D eigenvalue weighted by atomic mass is 10.2. The van der Waals surface area contributed by atoms with Crippen LogP contribution in [-0.2, 0) is 11.3 Å². The molecule has 0 fully saturated rings. The quantitative estimate of drug-likeness (QED) is 0.503. The van der Waals surface area contributed by atoms with Crippen molar-refractivity contribution in [1.29, 1.82) is 0 Å². The van der Waals surface area contributed by atoms with Crippen molar-refractivity contribution in [3.05, 3.63) is 66.9 Å². The van der Waals surface area contributed by atoms with E-state index in [4.69, 9.17) is 13.9 Å². The molecule has 0 bridgehead atoms. The van der Waals surface area contributed by atoms with Crippen molar-refractivity contribution in [3.8, 4) is 34.5 Å². The van der Waals surface area contributed by atoms with Crippen molar-refractivity contribution in [3.63, 3.8) is 0 Å². The Morgan fingerprint density at radius 3 is 2.57 bits per heavy atom. The summed E-state index contributed by atoms with van der Waals surface area (Å²) in [4.78, 5) is 12.7. The summed E-state index contributed by atoms with van der Waals surface area (Å²) in [5, 5.41) is 11.1. The van der Waals surface area contributed by atoms with Crippen molar-refractivity contribution in [2.45, 2.75) is 6.54 Å². The predicted molar refractivity (Wildman–Crippen MR) is 111 cm³/mol. The summed E-state index contributed by atoms with van der Waals surface area (Å²) in [6.45, 7) is 0.0613. The molecule has 2 aromatic carbocycles.